The van der Waals surface area contributed by atoms with Gasteiger partial charge in [0.15, 0.2) is 0 Å². The second-order valence-electron chi connectivity index (χ2n) is 2.55. The first kappa shape index (κ1) is 10.7. The lowest BCUT2D eigenvalue weighted by molar-refractivity contribution is 0.265. The Labute approximate surface area is 85.1 Å². The number of aliphatic hydroxyl groups excluding tert-OH is 1. The first-order valence-electron chi connectivity index (χ1n) is 3.57. The molecule has 0 aromatic heterocycles. The zero-order valence-electron chi connectivity index (χ0n) is 6.60. The summed E-state index contributed by atoms with van der Waals surface area (Å²) < 4.78 is 13.3. The van der Waals surface area contributed by atoms with Gasteiger partial charge >= 0.3 is 0 Å². The molecule has 0 saturated carbocycles. The molecule has 2 nitrogen and oxygen atoms in total. The SMILES string of the molecule is N[C@H](CO)c1c(Cl)ccc(Cl)c1F. The van der Waals surface area contributed by atoms with Crippen molar-refractivity contribution in [1.29, 1.82) is 0 Å². The highest BCUT2D eigenvalue weighted by Gasteiger charge is 2.16. The van der Waals surface area contributed by atoms with Crippen LogP contribution in [0.15, 0.2) is 12.1 Å². The van der Waals surface area contributed by atoms with Gasteiger partial charge in [-0.15, -0.1) is 0 Å². The van der Waals surface area contributed by atoms with Gasteiger partial charge in [-0.2, -0.15) is 0 Å². The molecule has 13 heavy (non-hydrogen) atoms. The molecule has 0 bridgehead atoms. The van der Waals surface area contributed by atoms with Crippen LogP contribution in [0.1, 0.15) is 11.6 Å². The smallest absolute Gasteiger partial charge is 0.148 e. The number of halogens is 3. The van der Waals surface area contributed by atoms with Crippen LogP contribution in [-0.2, 0) is 0 Å². The first-order chi connectivity index (χ1) is 6.07. The average molecular weight is 224 g/mol. The van der Waals surface area contributed by atoms with Gasteiger partial charge in [0.25, 0.3) is 0 Å². The van der Waals surface area contributed by atoms with Gasteiger partial charge in [-0.1, -0.05) is 23.2 Å². The predicted molar refractivity (Wildman–Crippen MR) is 50.4 cm³/mol. The summed E-state index contributed by atoms with van der Waals surface area (Å²) in [6, 6.07) is 1.94. The highest BCUT2D eigenvalue weighted by atomic mass is 35.5. The van der Waals surface area contributed by atoms with E-state index in [4.69, 9.17) is 34.0 Å². The molecule has 0 aliphatic heterocycles. The lowest BCUT2D eigenvalue weighted by Gasteiger charge is -2.12. The van der Waals surface area contributed by atoms with E-state index in [1.807, 2.05) is 0 Å². The number of benzene rings is 1. The lowest BCUT2D eigenvalue weighted by atomic mass is 10.1. The predicted octanol–water partition coefficient (Wildman–Crippen LogP) is 2.12. The maximum Gasteiger partial charge on any atom is 0.148 e. The van der Waals surface area contributed by atoms with Crippen molar-refractivity contribution in [2.24, 2.45) is 5.73 Å². The Morgan fingerprint density at radius 3 is 2.46 bits per heavy atom. The maximum atomic E-state index is 13.3. The number of hydrogen-bond acceptors (Lipinski definition) is 2. The molecule has 0 saturated heterocycles. The zero-order chi connectivity index (χ0) is 10.0. The number of aliphatic hydroxyl groups is 1. The van der Waals surface area contributed by atoms with Crippen molar-refractivity contribution in [2.75, 3.05) is 6.61 Å². The van der Waals surface area contributed by atoms with Crippen LogP contribution in [0.5, 0.6) is 0 Å². The Bertz CT molecular complexity index is 319. The summed E-state index contributed by atoms with van der Waals surface area (Å²) in [5.74, 6) is -0.671. The molecule has 0 spiro atoms. The van der Waals surface area contributed by atoms with E-state index >= 15 is 0 Å². The molecular weight excluding hydrogens is 216 g/mol. The van der Waals surface area contributed by atoms with Gasteiger partial charge in [-0.3, -0.25) is 0 Å². The van der Waals surface area contributed by atoms with Crippen molar-refractivity contribution in [2.45, 2.75) is 6.04 Å². The topological polar surface area (TPSA) is 46.2 Å². The minimum Gasteiger partial charge on any atom is -0.394 e. The van der Waals surface area contributed by atoms with Gasteiger partial charge in [0.1, 0.15) is 5.82 Å². The van der Waals surface area contributed by atoms with Gasteiger partial charge in [-0.25, -0.2) is 4.39 Å². The standard InChI is InChI=1S/C8H8Cl2FNO/c9-4-1-2-5(10)8(11)7(4)6(12)3-13/h1-2,6,13H,3,12H2/t6-/m1/s1. The molecule has 0 amide bonds. The molecule has 0 aliphatic rings. The molecule has 0 unspecified atom stereocenters. The van der Waals surface area contributed by atoms with Crippen molar-refractivity contribution >= 4 is 23.2 Å². The molecule has 0 fully saturated rings. The Morgan fingerprint density at radius 1 is 1.38 bits per heavy atom. The van der Waals surface area contributed by atoms with E-state index in [2.05, 4.69) is 0 Å². The van der Waals surface area contributed by atoms with Crippen molar-refractivity contribution in [1.82, 2.24) is 0 Å². The van der Waals surface area contributed by atoms with E-state index in [9.17, 15) is 4.39 Å². The van der Waals surface area contributed by atoms with Gasteiger partial charge in [0.2, 0.25) is 0 Å². The van der Waals surface area contributed by atoms with Crippen LogP contribution in [0, 0.1) is 5.82 Å². The van der Waals surface area contributed by atoms with E-state index in [0.717, 1.165) is 0 Å². The molecule has 1 rings (SSSR count). The van der Waals surface area contributed by atoms with Gasteiger partial charge in [-0.05, 0) is 12.1 Å². The van der Waals surface area contributed by atoms with Crippen LogP contribution in [0.2, 0.25) is 10.0 Å². The van der Waals surface area contributed by atoms with Crippen LogP contribution in [0.4, 0.5) is 4.39 Å². The largest absolute Gasteiger partial charge is 0.394 e. The fraction of sp³-hybridized carbons (Fsp3) is 0.250. The molecule has 0 heterocycles. The summed E-state index contributed by atoms with van der Waals surface area (Å²) in [4.78, 5) is 0. The fourth-order valence-corrected chi connectivity index (χ4v) is 1.42. The molecule has 1 aromatic rings. The Hall–Kier alpha value is -0.350. The summed E-state index contributed by atoms with van der Waals surface area (Å²) in [6.45, 7) is -0.378. The maximum absolute atomic E-state index is 13.3. The molecule has 0 radical (unpaired) electrons. The summed E-state index contributed by atoms with van der Waals surface area (Å²) in [5.41, 5.74) is 5.48. The monoisotopic (exact) mass is 223 g/mol. The minimum atomic E-state index is -0.841. The third kappa shape index (κ3) is 2.11. The van der Waals surface area contributed by atoms with E-state index in [1.165, 1.54) is 12.1 Å². The van der Waals surface area contributed by atoms with Crippen molar-refractivity contribution in [3.8, 4) is 0 Å². The Morgan fingerprint density at radius 2 is 1.92 bits per heavy atom. The third-order valence-corrected chi connectivity index (χ3v) is 2.27. The number of rotatable bonds is 2. The van der Waals surface area contributed by atoms with Crippen LogP contribution < -0.4 is 5.73 Å². The van der Waals surface area contributed by atoms with Crippen molar-refractivity contribution < 1.29 is 9.50 Å². The second-order valence-corrected chi connectivity index (χ2v) is 3.36. The summed E-state index contributed by atoms with van der Waals surface area (Å²) in [7, 11) is 0. The molecule has 1 aromatic carbocycles. The van der Waals surface area contributed by atoms with Crippen LogP contribution in [0.25, 0.3) is 0 Å². The van der Waals surface area contributed by atoms with E-state index < -0.39 is 11.9 Å². The van der Waals surface area contributed by atoms with Gasteiger partial charge in [0, 0.05) is 10.6 Å². The molecule has 1 atom stereocenters. The fourth-order valence-electron chi connectivity index (χ4n) is 0.974. The molecular formula is C8H8Cl2FNO. The highest BCUT2D eigenvalue weighted by molar-refractivity contribution is 6.33. The quantitative estimate of drug-likeness (QED) is 0.755. The van der Waals surface area contributed by atoms with E-state index in [-0.39, 0.29) is 22.2 Å². The summed E-state index contributed by atoms with van der Waals surface area (Å²) in [5, 5.41) is 8.85. The Kier molecular flexibility index (Phi) is 3.50. The van der Waals surface area contributed by atoms with Gasteiger partial charge < -0.3 is 10.8 Å². The third-order valence-electron chi connectivity index (χ3n) is 1.65. The van der Waals surface area contributed by atoms with Crippen molar-refractivity contribution in [3.63, 3.8) is 0 Å². The van der Waals surface area contributed by atoms with Crippen LogP contribution in [-0.4, -0.2) is 11.7 Å². The number of nitrogens with two attached hydrogens (primary N) is 1. The highest BCUT2D eigenvalue weighted by Crippen LogP contribution is 2.29. The van der Waals surface area contributed by atoms with E-state index in [1.54, 1.807) is 0 Å². The minimum absolute atomic E-state index is 0.0525. The molecule has 3 N–H and O–H groups in total. The molecule has 5 heteroatoms. The Balaban J connectivity index is 3.25. The second kappa shape index (κ2) is 4.24. The molecule has 72 valence electrons. The normalized spacial score (nSPS) is 13.0. The van der Waals surface area contributed by atoms with Crippen LogP contribution >= 0.6 is 23.2 Å². The first-order valence-corrected chi connectivity index (χ1v) is 4.33. The summed E-state index contributed by atoms with van der Waals surface area (Å²) in [6.07, 6.45) is 0. The molecule has 0 aliphatic carbocycles. The lowest BCUT2D eigenvalue weighted by Crippen LogP contribution is -2.16. The van der Waals surface area contributed by atoms with Crippen molar-refractivity contribution in [3.05, 3.63) is 33.6 Å². The van der Waals surface area contributed by atoms with E-state index in [0.29, 0.717) is 0 Å². The van der Waals surface area contributed by atoms with Gasteiger partial charge in [0.05, 0.1) is 17.7 Å². The summed E-state index contributed by atoms with van der Waals surface area (Å²) >= 11 is 11.2. The zero-order valence-corrected chi connectivity index (χ0v) is 8.11. The van der Waals surface area contributed by atoms with Crippen LogP contribution in [0.3, 0.4) is 0 Å². The number of hydrogen-bond donors (Lipinski definition) is 2. The average Bonchev–Trinajstić information content (AvgIpc) is 2.12.